The van der Waals surface area contributed by atoms with E-state index in [-0.39, 0.29) is 5.75 Å². The molecule has 5 nitrogen and oxygen atoms in total. The summed E-state index contributed by atoms with van der Waals surface area (Å²) < 4.78 is 24.7. The summed E-state index contributed by atoms with van der Waals surface area (Å²) in [7, 11) is -3.44. The molecule has 0 saturated carbocycles. The summed E-state index contributed by atoms with van der Waals surface area (Å²) in [5.74, 6) is -0.108. The maximum Gasteiger partial charge on any atom is 0.0722 e. The van der Waals surface area contributed by atoms with Crippen LogP contribution in [0.2, 0.25) is 0 Å². The average molecular weight is 182 g/mol. The van der Waals surface area contributed by atoms with Crippen LogP contribution >= 0.6 is 0 Å². The van der Waals surface area contributed by atoms with Crippen LogP contribution < -0.4 is 0 Å². The molecule has 0 amide bonds. The lowest BCUT2D eigenvalue weighted by Gasteiger charge is -2.26. The Morgan fingerprint density at radius 1 is 1.36 bits per heavy atom. The molecule has 11 heavy (non-hydrogen) atoms. The van der Waals surface area contributed by atoms with Crippen molar-refractivity contribution in [2.75, 3.05) is 19.0 Å². The molecule has 0 radical (unpaired) electrons. The Morgan fingerprint density at radius 3 is 2.09 bits per heavy atom. The summed E-state index contributed by atoms with van der Waals surface area (Å²) in [5, 5.41) is 16.9. The molecule has 68 valence electrons. The molecule has 0 heterocycles. The van der Waals surface area contributed by atoms with Crippen molar-refractivity contribution in [1.82, 2.24) is 0 Å². The zero-order valence-electron chi connectivity index (χ0n) is 6.27. The van der Waals surface area contributed by atoms with E-state index in [1.54, 1.807) is 0 Å². The number of aliphatic hydroxyl groups is 2. The Hall–Kier alpha value is -0.170. The predicted molar refractivity (Wildman–Crippen MR) is 40.8 cm³/mol. The Balaban J connectivity index is 4.01. The molecule has 0 bridgehead atoms. The van der Waals surface area contributed by atoms with E-state index in [4.69, 9.17) is 10.2 Å². The smallest absolute Gasteiger partial charge is 0.0722 e. The van der Waals surface area contributed by atoms with Crippen LogP contribution in [0.25, 0.3) is 4.72 Å². The SMILES string of the molecule is CCS(=O)(=O)[N-]C(CO)CO. The average Bonchev–Trinajstić information content (AvgIpc) is 2.00. The Kier molecular flexibility index (Phi) is 4.58. The van der Waals surface area contributed by atoms with Crippen LogP contribution in [0.3, 0.4) is 0 Å². The number of aliphatic hydroxyl groups excluding tert-OH is 2. The van der Waals surface area contributed by atoms with E-state index < -0.39 is 29.3 Å². The number of rotatable bonds is 5. The van der Waals surface area contributed by atoms with Crippen molar-refractivity contribution in [3.63, 3.8) is 0 Å². The van der Waals surface area contributed by atoms with Gasteiger partial charge in [0.1, 0.15) is 0 Å². The lowest BCUT2D eigenvalue weighted by atomic mass is 10.4. The first-order valence-corrected chi connectivity index (χ1v) is 4.83. The fourth-order valence-corrected chi connectivity index (χ4v) is 1.16. The number of nitrogens with zero attached hydrogens (tertiary/aromatic N) is 1. The van der Waals surface area contributed by atoms with E-state index in [1.165, 1.54) is 6.92 Å². The highest BCUT2D eigenvalue weighted by Gasteiger charge is 2.00. The molecule has 0 aliphatic carbocycles. The van der Waals surface area contributed by atoms with Crippen molar-refractivity contribution >= 4 is 10.0 Å². The molecule has 0 aliphatic rings. The topological polar surface area (TPSA) is 88.7 Å². The third kappa shape index (κ3) is 4.31. The Labute approximate surface area is 66.1 Å². The predicted octanol–water partition coefficient (Wildman–Crippen LogP) is -0.937. The second kappa shape index (κ2) is 4.66. The van der Waals surface area contributed by atoms with Crippen molar-refractivity contribution in [2.24, 2.45) is 0 Å². The summed E-state index contributed by atoms with van der Waals surface area (Å²) in [5.41, 5.74) is 0. The van der Waals surface area contributed by atoms with Crippen LogP contribution in [-0.2, 0) is 10.0 Å². The minimum absolute atomic E-state index is 0.108. The van der Waals surface area contributed by atoms with Crippen molar-refractivity contribution in [3.05, 3.63) is 4.72 Å². The third-order valence-corrected chi connectivity index (χ3v) is 2.44. The Morgan fingerprint density at radius 2 is 1.82 bits per heavy atom. The van der Waals surface area contributed by atoms with Gasteiger partial charge in [-0.05, 0) is 0 Å². The van der Waals surface area contributed by atoms with Gasteiger partial charge in [0, 0.05) is 19.0 Å². The fourth-order valence-electron chi connectivity index (χ4n) is 0.426. The number of hydrogen-bond donors (Lipinski definition) is 2. The van der Waals surface area contributed by atoms with Crippen LogP contribution in [-0.4, -0.2) is 43.6 Å². The monoisotopic (exact) mass is 182 g/mol. The van der Waals surface area contributed by atoms with Gasteiger partial charge >= 0.3 is 0 Å². The van der Waals surface area contributed by atoms with Gasteiger partial charge in [0.05, 0.1) is 10.0 Å². The third-order valence-electron chi connectivity index (χ3n) is 1.10. The minimum atomic E-state index is -3.44. The summed E-state index contributed by atoms with van der Waals surface area (Å²) in [6.45, 7) is 0.552. The highest BCUT2D eigenvalue weighted by Crippen LogP contribution is 2.07. The van der Waals surface area contributed by atoms with Gasteiger partial charge in [0.25, 0.3) is 0 Å². The van der Waals surface area contributed by atoms with Crippen molar-refractivity contribution < 1.29 is 18.6 Å². The van der Waals surface area contributed by atoms with Crippen molar-refractivity contribution in [2.45, 2.75) is 13.0 Å². The molecule has 0 aromatic heterocycles. The molecule has 2 N–H and O–H groups in total. The molecular weight excluding hydrogens is 170 g/mol. The largest absolute Gasteiger partial charge is 0.543 e. The highest BCUT2D eigenvalue weighted by molar-refractivity contribution is 7.93. The minimum Gasteiger partial charge on any atom is -0.543 e. The van der Waals surface area contributed by atoms with E-state index in [9.17, 15) is 8.42 Å². The van der Waals surface area contributed by atoms with E-state index >= 15 is 0 Å². The molecule has 0 aromatic rings. The molecule has 0 aromatic carbocycles. The fraction of sp³-hybridized carbons (Fsp3) is 1.00. The summed E-state index contributed by atoms with van der Waals surface area (Å²) >= 11 is 0. The summed E-state index contributed by atoms with van der Waals surface area (Å²) in [6, 6.07) is -0.903. The molecule has 6 heteroatoms. The molecule has 0 fully saturated rings. The number of hydrogen-bond acceptors (Lipinski definition) is 4. The standard InChI is InChI=1S/C5H12NO4S/c1-2-11(9,10)6-5(3-7)4-8/h5,7-8H,2-4H2,1H3/q-1. The van der Waals surface area contributed by atoms with Gasteiger partial charge in [-0.3, -0.25) is 0 Å². The normalized spacial score (nSPS) is 12.4. The van der Waals surface area contributed by atoms with Crippen LogP contribution in [0, 0.1) is 0 Å². The van der Waals surface area contributed by atoms with E-state index in [0.717, 1.165) is 0 Å². The van der Waals surface area contributed by atoms with Crippen molar-refractivity contribution in [1.29, 1.82) is 0 Å². The van der Waals surface area contributed by atoms with E-state index in [0.29, 0.717) is 0 Å². The Bertz CT molecular complexity index is 185. The highest BCUT2D eigenvalue weighted by atomic mass is 32.2. The van der Waals surface area contributed by atoms with Gasteiger partial charge in [-0.1, -0.05) is 13.0 Å². The zero-order chi connectivity index (χ0) is 8.91. The lowest BCUT2D eigenvalue weighted by Crippen LogP contribution is -2.21. The first kappa shape index (κ1) is 10.8. The maximum atomic E-state index is 10.7. The first-order chi connectivity index (χ1) is 5.05. The molecule has 0 atom stereocenters. The van der Waals surface area contributed by atoms with Crippen LogP contribution in [0.4, 0.5) is 0 Å². The second-order valence-corrected chi connectivity index (χ2v) is 3.95. The quantitative estimate of drug-likeness (QED) is 0.574. The molecular formula is C5H12NO4S-. The molecule has 0 aliphatic heterocycles. The van der Waals surface area contributed by atoms with Gasteiger partial charge in [0.2, 0.25) is 0 Å². The van der Waals surface area contributed by atoms with Crippen LogP contribution in [0.15, 0.2) is 0 Å². The van der Waals surface area contributed by atoms with Crippen LogP contribution in [0.1, 0.15) is 6.92 Å². The van der Waals surface area contributed by atoms with Gasteiger partial charge in [-0.25, -0.2) is 8.42 Å². The summed E-state index contributed by atoms with van der Waals surface area (Å²) in [4.78, 5) is 0. The lowest BCUT2D eigenvalue weighted by molar-refractivity contribution is 0.210. The van der Waals surface area contributed by atoms with Gasteiger partial charge in [0.15, 0.2) is 0 Å². The number of sulfonamides is 1. The molecule has 0 unspecified atom stereocenters. The first-order valence-electron chi connectivity index (χ1n) is 3.22. The van der Waals surface area contributed by atoms with Crippen molar-refractivity contribution in [3.8, 4) is 0 Å². The van der Waals surface area contributed by atoms with Gasteiger partial charge in [-0.2, -0.15) is 0 Å². The van der Waals surface area contributed by atoms with Gasteiger partial charge in [-0.15, -0.1) is 0 Å². The van der Waals surface area contributed by atoms with Gasteiger partial charge < -0.3 is 14.9 Å². The van der Waals surface area contributed by atoms with E-state index in [2.05, 4.69) is 4.72 Å². The summed E-state index contributed by atoms with van der Waals surface area (Å²) in [6.07, 6.45) is 0. The zero-order valence-corrected chi connectivity index (χ0v) is 7.08. The van der Waals surface area contributed by atoms with E-state index in [1.807, 2.05) is 0 Å². The second-order valence-electron chi connectivity index (χ2n) is 1.99. The molecule has 0 spiro atoms. The molecule has 0 saturated heterocycles. The van der Waals surface area contributed by atoms with Crippen LogP contribution in [0.5, 0.6) is 0 Å². The molecule has 0 rings (SSSR count). The maximum absolute atomic E-state index is 10.7.